The fourth-order valence-corrected chi connectivity index (χ4v) is 3.23. The molecule has 0 aromatic carbocycles. The molecular weight excluding hydrogens is 454 g/mol. The van der Waals surface area contributed by atoms with Crippen molar-refractivity contribution < 1.29 is 34.2 Å². The van der Waals surface area contributed by atoms with Crippen molar-refractivity contribution in [1.82, 2.24) is 16.0 Å². The number of unbranched alkanes of at least 4 members (excludes halogenated alkanes) is 1. The first-order chi connectivity index (χ1) is 15.4. The SMILES string of the molecule is CSCCC(NC(=O)C(N)C(C)C)C(=O)NC(CCCCN)C(=O)NC(CC(=O)O)C(=O)O. The molecule has 0 aromatic rings. The molecule has 0 heterocycles. The molecule has 9 N–H and O–H groups in total. The van der Waals surface area contributed by atoms with E-state index in [1.165, 1.54) is 11.8 Å². The third-order valence-corrected chi connectivity index (χ3v) is 5.48. The van der Waals surface area contributed by atoms with Crippen LogP contribution in [0.5, 0.6) is 0 Å². The van der Waals surface area contributed by atoms with Crippen molar-refractivity contribution in [2.75, 3.05) is 18.6 Å². The van der Waals surface area contributed by atoms with Crippen molar-refractivity contribution in [3.05, 3.63) is 0 Å². The second-order valence-electron chi connectivity index (χ2n) is 7.96. The number of hydrogen-bond acceptors (Lipinski definition) is 8. The summed E-state index contributed by atoms with van der Waals surface area (Å²) in [5, 5.41) is 25.4. The number of amides is 3. The first-order valence-corrected chi connectivity index (χ1v) is 12.1. The van der Waals surface area contributed by atoms with E-state index in [9.17, 15) is 29.1 Å². The summed E-state index contributed by atoms with van der Waals surface area (Å²) >= 11 is 1.47. The summed E-state index contributed by atoms with van der Waals surface area (Å²) in [6.45, 7) is 3.91. The van der Waals surface area contributed by atoms with E-state index >= 15 is 0 Å². The molecule has 0 bridgehead atoms. The molecule has 4 atom stereocenters. The lowest BCUT2D eigenvalue weighted by atomic mass is 10.0. The number of rotatable bonds is 17. The first kappa shape index (κ1) is 30.6. The number of aliphatic carboxylic acids is 2. The fourth-order valence-electron chi connectivity index (χ4n) is 2.76. The van der Waals surface area contributed by atoms with Gasteiger partial charge in [0.05, 0.1) is 12.5 Å². The average molecular weight is 492 g/mol. The zero-order chi connectivity index (χ0) is 25.6. The van der Waals surface area contributed by atoms with Gasteiger partial charge in [-0.15, -0.1) is 0 Å². The van der Waals surface area contributed by atoms with Crippen LogP contribution in [0.25, 0.3) is 0 Å². The van der Waals surface area contributed by atoms with Gasteiger partial charge in [0.25, 0.3) is 0 Å². The van der Waals surface area contributed by atoms with Gasteiger partial charge in [-0.3, -0.25) is 19.2 Å². The number of carboxylic acids is 2. The van der Waals surface area contributed by atoms with E-state index in [4.69, 9.17) is 16.6 Å². The lowest BCUT2D eigenvalue weighted by molar-refractivity contribution is -0.147. The molecule has 12 nitrogen and oxygen atoms in total. The maximum absolute atomic E-state index is 12.9. The van der Waals surface area contributed by atoms with Crippen molar-refractivity contribution >= 4 is 41.4 Å². The Hall–Kier alpha value is -2.38. The number of nitrogens with one attached hydrogen (secondary N) is 3. The van der Waals surface area contributed by atoms with Crippen LogP contribution in [0.1, 0.15) is 46.0 Å². The minimum atomic E-state index is -1.65. The normalized spacial score (nSPS) is 14.6. The smallest absolute Gasteiger partial charge is 0.326 e. The molecule has 0 spiro atoms. The molecule has 0 aromatic heterocycles. The van der Waals surface area contributed by atoms with Gasteiger partial charge in [0.2, 0.25) is 17.7 Å². The van der Waals surface area contributed by atoms with Gasteiger partial charge in [0, 0.05) is 0 Å². The quantitative estimate of drug-likeness (QED) is 0.121. The number of nitrogens with two attached hydrogens (primary N) is 2. The van der Waals surface area contributed by atoms with Crippen LogP contribution in [0.2, 0.25) is 0 Å². The van der Waals surface area contributed by atoms with Crippen molar-refractivity contribution in [1.29, 1.82) is 0 Å². The second-order valence-corrected chi connectivity index (χ2v) is 8.94. The molecule has 13 heteroatoms. The predicted molar refractivity (Wildman–Crippen MR) is 124 cm³/mol. The van der Waals surface area contributed by atoms with E-state index in [2.05, 4.69) is 16.0 Å². The van der Waals surface area contributed by atoms with E-state index in [0.717, 1.165) is 0 Å². The highest BCUT2D eigenvalue weighted by atomic mass is 32.2. The molecule has 0 radical (unpaired) electrons. The lowest BCUT2D eigenvalue weighted by Crippen LogP contribution is -2.57. The third-order valence-electron chi connectivity index (χ3n) is 4.84. The van der Waals surface area contributed by atoms with Crippen LogP contribution in [0.4, 0.5) is 0 Å². The monoisotopic (exact) mass is 491 g/mol. The minimum absolute atomic E-state index is 0.147. The molecule has 3 amide bonds. The summed E-state index contributed by atoms with van der Waals surface area (Å²) in [7, 11) is 0. The van der Waals surface area contributed by atoms with Gasteiger partial charge < -0.3 is 37.6 Å². The predicted octanol–water partition coefficient (Wildman–Crippen LogP) is -1.13. The van der Waals surface area contributed by atoms with E-state index in [1.54, 1.807) is 13.8 Å². The Morgan fingerprint density at radius 3 is 1.82 bits per heavy atom. The molecule has 0 aliphatic rings. The summed E-state index contributed by atoms with van der Waals surface area (Å²) < 4.78 is 0. The molecular formula is C20H37N5O7S. The van der Waals surface area contributed by atoms with E-state index in [1.807, 2.05) is 6.26 Å². The van der Waals surface area contributed by atoms with Gasteiger partial charge >= 0.3 is 11.9 Å². The van der Waals surface area contributed by atoms with Gasteiger partial charge in [0.15, 0.2) is 0 Å². The van der Waals surface area contributed by atoms with Crippen molar-refractivity contribution in [3.63, 3.8) is 0 Å². The van der Waals surface area contributed by atoms with E-state index in [0.29, 0.717) is 25.1 Å². The van der Waals surface area contributed by atoms with Gasteiger partial charge in [0.1, 0.15) is 18.1 Å². The minimum Gasteiger partial charge on any atom is -0.481 e. The van der Waals surface area contributed by atoms with Crippen LogP contribution in [-0.4, -0.2) is 82.6 Å². The molecule has 0 rings (SSSR count). The molecule has 0 saturated heterocycles. The van der Waals surface area contributed by atoms with Crippen molar-refractivity contribution in [3.8, 4) is 0 Å². The number of carbonyl (C=O) groups excluding carboxylic acids is 3. The van der Waals surface area contributed by atoms with Gasteiger partial charge in [-0.1, -0.05) is 13.8 Å². The molecule has 4 unspecified atom stereocenters. The largest absolute Gasteiger partial charge is 0.481 e. The Bertz CT molecular complexity index is 677. The van der Waals surface area contributed by atoms with E-state index in [-0.39, 0.29) is 18.8 Å². The lowest BCUT2D eigenvalue weighted by Gasteiger charge is -2.25. The number of carboxylic acid groups (broad SMARTS) is 2. The highest BCUT2D eigenvalue weighted by Gasteiger charge is 2.31. The summed E-state index contributed by atoms with van der Waals surface area (Å²) in [4.78, 5) is 60.2. The van der Waals surface area contributed by atoms with Crippen molar-refractivity contribution in [2.24, 2.45) is 17.4 Å². The van der Waals surface area contributed by atoms with Gasteiger partial charge in [-0.25, -0.2) is 4.79 Å². The molecule has 190 valence electrons. The number of thioether (sulfide) groups is 1. The maximum Gasteiger partial charge on any atom is 0.326 e. The Labute approximate surface area is 198 Å². The zero-order valence-corrected chi connectivity index (χ0v) is 20.2. The average Bonchev–Trinajstić information content (AvgIpc) is 2.73. The van der Waals surface area contributed by atoms with Gasteiger partial charge in [-0.2, -0.15) is 11.8 Å². The van der Waals surface area contributed by atoms with Crippen LogP contribution in [0.15, 0.2) is 0 Å². The van der Waals surface area contributed by atoms with Crippen LogP contribution in [0, 0.1) is 5.92 Å². The van der Waals surface area contributed by atoms with Crippen LogP contribution in [-0.2, 0) is 24.0 Å². The molecule has 0 aliphatic carbocycles. The van der Waals surface area contributed by atoms with Gasteiger partial charge in [-0.05, 0) is 50.2 Å². The Balaban J connectivity index is 5.49. The Morgan fingerprint density at radius 2 is 1.36 bits per heavy atom. The first-order valence-electron chi connectivity index (χ1n) is 10.7. The molecule has 0 saturated carbocycles. The highest BCUT2D eigenvalue weighted by molar-refractivity contribution is 7.98. The van der Waals surface area contributed by atoms with Crippen molar-refractivity contribution in [2.45, 2.75) is 70.1 Å². The molecule has 33 heavy (non-hydrogen) atoms. The fraction of sp³-hybridized carbons (Fsp3) is 0.750. The second kappa shape index (κ2) is 16.3. The maximum atomic E-state index is 12.9. The summed E-state index contributed by atoms with van der Waals surface area (Å²) in [6, 6.07) is -4.55. The summed E-state index contributed by atoms with van der Waals surface area (Å²) in [6.07, 6.45) is 2.50. The molecule has 0 fully saturated rings. The topological polar surface area (TPSA) is 214 Å². The van der Waals surface area contributed by atoms with Crippen LogP contribution < -0.4 is 27.4 Å². The van der Waals surface area contributed by atoms with E-state index < -0.39 is 60.2 Å². The Kier molecular flexibility index (Phi) is 15.1. The summed E-state index contributed by atoms with van der Waals surface area (Å²) in [5.41, 5.74) is 11.3. The van der Waals surface area contributed by atoms with Crippen LogP contribution in [0.3, 0.4) is 0 Å². The standard InChI is InChI=1S/C20H37N5O7S/c1-11(2)16(22)19(30)24-13(7-9-33-3)18(29)23-12(6-4-5-8-21)17(28)25-14(20(31)32)10-15(26)27/h11-14,16H,4-10,21-22H2,1-3H3,(H,23,29)(H,24,30)(H,25,28)(H,26,27)(H,31,32). The number of carbonyl (C=O) groups is 5. The Morgan fingerprint density at radius 1 is 0.848 bits per heavy atom. The molecule has 0 aliphatic heterocycles. The zero-order valence-electron chi connectivity index (χ0n) is 19.3. The summed E-state index contributed by atoms with van der Waals surface area (Å²) in [5.74, 6) is -4.44. The number of hydrogen-bond donors (Lipinski definition) is 7. The highest BCUT2D eigenvalue weighted by Crippen LogP contribution is 2.07. The third kappa shape index (κ3) is 12.4. The van der Waals surface area contributed by atoms with Crippen LogP contribution >= 0.6 is 11.8 Å².